The molecule has 0 saturated heterocycles. The molecule has 0 saturated carbocycles. The van der Waals surface area contributed by atoms with Gasteiger partial charge in [0.15, 0.2) is 0 Å². The molecule has 0 aliphatic rings. The summed E-state index contributed by atoms with van der Waals surface area (Å²) in [5.74, 6) is 0.659. The van der Waals surface area contributed by atoms with Crippen LogP contribution in [0.25, 0.3) is 0 Å². The van der Waals surface area contributed by atoms with Gasteiger partial charge in [-0.15, -0.1) is 12.4 Å². The van der Waals surface area contributed by atoms with Crippen LogP contribution in [0.15, 0.2) is 24.3 Å². The van der Waals surface area contributed by atoms with Gasteiger partial charge in [-0.1, -0.05) is 12.1 Å². The third-order valence-corrected chi connectivity index (χ3v) is 3.19. The molecule has 1 amide bonds. The molecule has 6 heteroatoms. The summed E-state index contributed by atoms with van der Waals surface area (Å²) < 4.78 is 10.0. The van der Waals surface area contributed by atoms with E-state index in [4.69, 9.17) is 15.2 Å². The van der Waals surface area contributed by atoms with Crippen molar-refractivity contribution in [1.82, 2.24) is 4.90 Å². The van der Waals surface area contributed by atoms with Gasteiger partial charge in [0.25, 0.3) is 0 Å². The van der Waals surface area contributed by atoms with E-state index in [1.54, 1.807) is 19.1 Å². The molecule has 0 aliphatic carbocycles. The van der Waals surface area contributed by atoms with Gasteiger partial charge in [-0.25, -0.2) is 0 Å². The number of rotatable bonds is 6. The van der Waals surface area contributed by atoms with E-state index < -0.39 is 6.04 Å². The molecule has 2 atom stereocenters. The van der Waals surface area contributed by atoms with Crippen molar-refractivity contribution >= 4 is 18.3 Å². The quantitative estimate of drug-likeness (QED) is 0.867. The Balaban J connectivity index is 0.00000361. The summed E-state index contributed by atoms with van der Waals surface area (Å²) in [6.07, 6.45) is 0. The normalized spacial score (nSPS) is 13.1. The lowest BCUT2D eigenvalue weighted by Gasteiger charge is -2.27. The number of ether oxygens (including phenoxy) is 2. The largest absolute Gasteiger partial charge is 0.497 e. The van der Waals surface area contributed by atoms with Crippen molar-refractivity contribution in [1.29, 1.82) is 0 Å². The number of carbonyl (C=O) groups is 1. The molecular formula is C14H23ClN2O3. The molecule has 114 valence electrons. The SMILES string of the molecule is COCC(N)C(=O)N(C)C(C)c1ccc(OC)cc1.Cl. The molecule has 0 bridgehead atoms. The second-order valence-corrected chi connectivity index (χ2v) is 4.46. The first-order chi connectivity index (χ1) is 9.01. The number of hydrogen-bond donors (Lipinski definition) is 1. The van der Waals surface area contributed by atoms with Crippen molar-refractivity contribution in [3.63, 3.8) is 0 Å². The summed E-state index contributed by atoms with van der Waals surface area (Å²) in [4.78, 5) is 13.7. The molecule has 0 spiro atoms. The number of hydrogen-bond acceptors (Lipinski definition) is 4. The van der Waals surface area contributed by atoms with Crippen LogP contribution in [0.4, 0.5) is 0 Å². The molecule has 20 heavy (non-hydrogen) atoms. The zero-order valence-corrected chi connectivity index (χ0v) is 13.1. The van der Waals surface area contributed by atoms with Gasteiger partial charge >= 0.3 is 0 Å². The smallest absolute Gasteiger partial charge is 0.242 e. The van der Waals surface area contributed by atoms with Crippen molar-refractivity contribution in [2.75, 3.05) is 27.9 Å². The van der Waals surface area contributed by atoms with E-state index in [-0.39, 0.29) is 31.0 Å². The summed E-state index contributed by atoms with van der Waals surface area (Å²) in [7, 11) is 4.89. The maximum atomic E-state index is 12.1. The number of carbonyl (C=O) groups excluding carboxylic acids is 1. The van der Waals surface area contributed by atoms with E-state index >= 15 is 0 Å². The van der Waals surface area contributed by atoms with E-state index in [0.29, 0.717) is 0 Å². The van der Waals surface area contributed by atoms with Crippen LogP contribution in [0.5, 0.6) is 5.75 Å². The van der Waals surface area contributed by atoms with Crippen LogP contribution >= 0.6 is 12.4 Å². The lowest BCUT2D eigenvalue weighted by molar-refractivity contribution is -0.134. The van der Waals surface area contributed by atoms with E-state index in [2.05, 4.69) is 0 Å². The fourth-order valence-electron chi connectivity index (χ4n) is 1.81. The maximum Gasteiger partial charge on any atom is 0.242 e. The van der Waals surface area contributed by atoms with Crippen LogP contribution in [0.1, 0.15) is 18.5 Å². The Labute approximate surface area is 126 Å². The van der Waals surface area contributed by atoms with Crippen LogP contribution < -0.4 is 10.5 Å². The second kappa shape index (κ2) is 8.79. The minimum Gasteiger partial charge on any atom is -0.497 e. The lowest BCUT2D eigenvalue weighted by Crippen LogP contribution is -2.45. The molecule has 0 heterocycles. The number of likely N-dealkylation sites (N-methyl/N-ethyl adjacent to an activating group) is 1. The lowest BCUT2D eigenvalue weighted by atomic mass is 10.1. The Morgan fingerprint density at radius 3 is 2.30 bits per heavy atom. The zero-order valence-electron chi connectivity index (χ0n) is 12.3. The average Bonchev–Trinajstić information content (AvgIpc) is 2.45. The Kier molecular flexibility index (Phi) is 8.22. The third-order valence-electron chi connectivity index (χ3n) is 3.19. The fourth-order valence-corrected chi connectivity index (χ4v) is 1.81. The van der Waals surface area contributed by atoms with Crippen LogP contribution in [0.3, 0.4) is 0 Å². The monoisotopic (exact) mass is 302 g/mol. The van der Waals surface area contributed by atoms with Crippen LogP contribution in [-0.2, 0) is 9.53 Å². The Hall–Kier alpha value is -1.30. The van der Waals surface area contributed by atoms with Crippen molar-refractivity contribution in [3.05, 3.63) is 29.8 Å². The molecule has 1 aromatic rings. The summed E-state index contributed by atoms with van der Waals surface area (Å²) in [6, 6.07) is 6.94. The Morgan fingerprint density at radius 2 is 1.85 bits per heavy atom. The van der Waals surface area contributed by atoms with Crippen LogP contribution in [0, 0.1) is 0 Å². The highest BCUT2D eigenvalue weighted by Gasteiger charge is 2.22. The first-order valence-corrected chi connectivity index (χ1v) is 6.16. The van der Waals surface area contributed by atoms with Gasteiger partial charge in [-0.2, -0.15) is 0 Å². The number of methoxy groups -OCH3 is 2. The van der Waals surface area contributed by atoms with E-state index in [9.17, 15) is 4.79 Å². The van der Waals surface area contributed by atoms with Gasteiger partial charge in [-0.05, 0) is 24.6 Å². The number of benzene rings is 1. The number of halogens is 1. The Morgan fingerprint density at radius 1 is 1.30 bits per heavy atom. The third kappa shape index (κ3) is 4.67. The van der Waals surface area contributed by atoms with Gasteiger partial charge in [0.2, 0.25) is 5.91 Å². The van der Waals surface area contributed by atoms with E-state index in [1.165, 1.54) is 7.11 Å². The first kappa shape index (κ1) is 18.7. The molecular weight excluding hydrogens is 280 g/mol. The molecule has 0 aliphatic heterocycles. The fraction of sp³-hybridized carbons (Fsp3) is 0.500. The molecule has 5 nitrogen and oxygen atoms in total. The van der Waals surface area contributed by atoms with Crippen molar-refractivity contribution < 1.29 is 14.3 Å². The highest BCUT2D eigenvalue weighted by atomic mass is 35.5. The van der Waals surface area contributed by atoms with Gasteiger partial charge in [0.05, 0.1) is 19.8 Å². The molecule has 2 unspecified atom stereocenters. The predicted octanol–water partition coefficient (Wildman–Crippen LogP) is 1.61. The molecule has 0 fully saturated rings. The van der Waals surface area contributed by atoms with Crippen LogP contribution in [-0.4, -0.2) is 44.7 Å². The summed E-state index contributed by atoms with van der Waals surface area (Å²) in [5.41, 5.74) is 6.78. The van der Waals surface area contributed by atoms with Gasteiger partial charge in [0, 0.05) is 14.2 Å². The van der Waals surface area contributed by atoms with Crippen molar-refractivity contribution in [2.45, 2.75) is 19.0 Å². The van der Waals surface area contributed by atoms with Crippen LogP contribution in [0.2, 0.25) is 0 Å². The molecule has 0 radical (unpaired) electrons. The number of amides is 1. The van der Waals surface area contributed by atoms with E-state index in [0.717, 1.165) is 11.3 Å². The van der Waals surface area contributed by atoms with Gasteiger partial charge < -0.3 is 20.1 Å². The van der Waals surface area contributed by atoms with Gasteiger partial charge in [-0.3, -0.25) is 4.79 Å². The molecule has 1 aromatic carbocycles. The number of nitrogens with zero attached hydrogens (tertiary/aromatic N) is 1. The highest BCUT2D eigenvalue weighted by Crippen LogP contribution is 2.21. The minimum atomic E-state index is -0.629. The molecule has 2 N–H and O–H groups in total. The maximum absolute atomic E-state index is 12.1. The van der Waals surface area contributed by atoms with Gasteiger partial charge in [0.1, 0.15) is 11.8 Å². The average molecular weight is 303 g/mol. The van der Waals surface area contributed by atoms with E-state index in [1.807, 2.05) is 31.2 Å². The topological polar surface area (TPSA) is 64.8 Å². The Bertz CT molecular complexity index is 411. The highest BCUT2D eigenvalue weighted by molar-refractivity contribution is 5.85. The minimum absolute atomic E-state index is 0. The molecule has 1 rings (SSSR count). The number of nitrogens with two attached hydrogens (primary N) is 1. The summed E-state index contributed by atoms with van der Waals surface area (Å²) in [6.45, 7) is 2.18. The first-order valence-electron chi connectivity index (χ1n) is 6.16. The predicted molar refractivity (Wildman–Crippen MR) is 81.3 cm³/mol. The summed E-state index contributed by atoms with van der Waals surface area (Å²) in [5, 5.41) is 0. The van der Waals surface area contributed by atoms with Crippen molar-refractivity contribution in [3.8, 4) is 5.75 Å². The van der Waals surface area contributed by atoms with Crippen molar-refractivity contribution in [2.24, 2.45) is 5.73 Å². The molecule has 0 aromatic heterocycles. The zero-order chi connectivity index (χ0) is 14.4. The summed E-state index contributed by atoms with van der Waals surface area (Å²) >= 11 is 0. The second-order valence-electron chi connectivity index (χ2n) is 4.46. The standard InChI is InChI=1S/C14H22N2O3.ClH/c1-10(11-5-7-12(19-4)8-6-11)16(2)14(17)13(15)9-18-3;/h5-8,10,13H,9,15H2,1-4H3;1H.